The SMILES string of the molecule is O=c1c2ccccc2nc(/C=C/c2ccc([N+](=O)[O-])o2)n1-c1ccccc1C(F)(F)F. The molecule has 4 aromatic rings. The Balaban J connectivity index is 1.96. The Morgan fingerprint density at radius 3 is 2.42 bits per heavy atom. The maximum Gasteiger partial charge on any atom is 0.433 e. The van der Waals surface area contributed by atoms with Crippen molar-refractivity contribution in [2.24, 2.45) is 0 Å². The number of furan rings is 1. The van der Waals surface area contributed by atoms with Crippen LogP contribution in [0.25, 0.3) is 28.7 Å². The highest BCUT2D eigenvalue weighted by atomic mass is 19.4. The van der Waals surface area contributed by atoms with Gasteiger partial charge in [-0.1, -0.05) is 24.3 Å². The molecule has 0 aliphatic heterocycles. The molecule has 0 amide bonds. The quantitative estimate of drug-likeness (QED) is 0.335. The van der Waals surface area contributed by atoms with E-state index in [1.165, 1.54) is 42.5 Å². The van der Waals surface area contributed by atoms with Crippen molar-refractivity contribution in [3.05, 3.63) is 98.3 Å². The first-order valence-corrected chi connectivity index (χ1v) is 8.86. The van der Waals surface area contributed by atoms with Gasteiger partial charge in [-0.2, -0.15) is 13.2 Å². The van der Waals surface area contributed by atoms with Gasteiger partial charge in [-0.15, -0.1) is 0 Å². The van der Waals surface area contributed by atoms with Gasteiger partial charge in [-0.05, 0) is 42.5 Å². The predicted octanol–water partition coefficient (Wildman–Crippen LogP) is 5.08. The molecule has 10 heteroatoms. The number of aromatic nitrogens is 2. The highest BCUT2D eigenvalue weighted by Gasteiger charge is 2.34. The Kier molecular flexibility index (Phi) is 4.90. The van der Waals surface area contributed by atoms with E-state index in [1.807, 2.05) is 0 Å². The molecule has 0 atom stereocenters. The molecule has 7 nitrogen and oxygen atoms in total. The Labute approximate surface area is 171 Å². The van der Waals surface area contributed by atoms with Gasteiger partial charge < -0.3 is 4.42 Å². The van der Waals surface area contributed by atoms with Gasteiger partial charge in [-0.3, -0.25) is 19.5 Å². The minimum absolute atomic E-state index is 0.0739. The van der Waals surface area contributed by atoms with E-state index in [9.17, 15) is 28.1 Å². The molecule has 2 aromatic carbocycles. The summed E-state index contributed by atoms with van der Waals surface area (Å²) in [5.41, 5.74) is -1.79. The van der Waals surface area contributed by atoms with Crippen molar-refractivity contribution in [3.63, 3.8) is 0 Å². The maximum atomic E-state index is 13.6. The number of halogens is 3. The van der Waals surface area contributed by atoms with Crippen LogP contribution in [0.3, 0.4) is 0 Å². The lowest BCUT2D eigenvalue weighted by Crippen LogP contribution is -2.25. The number of hydrogen-bond donors (Lipinski definition) is 0. The molecular formula is C21H12F3N3O4. The zero-order valence-electron chi connectivity index (χ0n) is 15.5. The van der Waals surface area contributed by atoms with E-state index in [4.69, 9.17) is 4.42 Å². The molecular weight excluding hydrogens is 415 g/mol. The van der Waals surface area contributed by atoms with Gasteiger partial charge in [0.15, 0.2) is 0 Å². The van der Waals surface area contributed by atoms with Crippen LogP contribution in [-0.2, 0) is 6.18 Å². The summed E-state index contributed by atoms with van der Waals surface area (Å²) >= 11 is 0. The third-order valence-electron chi connectivity index (χ3n) is 4.44. The van der Waals surface area contributed by atoms with Crippen LogP contribution in [-0.4, -0.2) is 14.5 Å². The number of rotatable bonds is 4. The first-order chi connectivity index (χ1) is 14.8. The van der Waals surface area contributed by atoms with Gasteiger partial charge in [0, 0.05) is 0 Å². The molecule has 31 heavy (non-hydrogen) atoms. The van der Waals surface area contributed by atoms with Gasteiger partial charge >= 0.3 is 12.1 Å². The summed E-state index contributed by atoms with van der Waals surface area (Å²) in [6, 6.07) is 13.4. The minimum Gasteiger partial charge on any atom is -0.401 e. The number of alkyl halides is 3. The summed E-state index contributed by atoms with van der Waals surface area (Å²) < 4.78 is 46.7. The third kappa shape index (κ3) is 3.82. The molecule has 2 aromatic heterocycles. The maximum absolute atomic E-state index is 13.6. The Morgan fingerprint density at radius 2 is 1.71 bits per heavy atom. The zero-order valence-corrected chi connectivity index (χ0v) is 15.5. The molecule has 0 aliphatic rings. The molecule has 0 radical (unpaired) electrons. The third-order valence-corrected chi connectivity index (χ3v) is 4.44. The lowest BCUT2D eigenvalue weighted by atomic mass is 10.1. The first kappa shape index (κ1) is 20.1. The van der Waals surface area contributed by atoms with Gasteiger partial charge in [0.05, 0.1) is 28.2 Å². The monoisotopic (exact) mass is 427 g/mol. The lowest BCUT2D eigenvalue weighted by molar-refractivity contribution is -0.402. The van der Waals surface area contributed by atoms with E-state index in [1.54, 1.807) is 18.2 Å². The van der Waals surface area contributed by atoms with Crippen LogP contribution in [0, 0.1) is 10.1 Å². The van der Waals surface area contributed by atoms with Crippen LogP contribution in [0.1, 0.15) is 17.1 Å². The van der Waals surface area contributed by atoms with Crippen LogP contribution in [0.4, 0.5) is 19.1 Å². The largest absolute Gasteiger partial charge is 0.433 e. The van der Waals surface area contributed by atoms with Crippen molar-refractivity contribution in [3.8, 4) is 5.69 Å². The fourth-order valence-corrected chi connectivity index (χ4v) is 3.09. The molecule has 156 valence electrons. The number of fused-ring (bicyclic) bond motifs is 1. The van der Waals surface area contributed by atoms with Gasteiger partial charge in [0.1, 0.15) is 16.5 Å². The topological polar surface area (TPSA) is 91.2 Å². The molecule has 0 N–H and O–H groups in total. The van der Waals surface area contributed by atoms with Crippen molar-refractivity contribution in [1.82, 2.24) is 9.55 Å². The molecule has 2 heterocycles. The van der Waals surface area contributed by atoms with Crippen LogP contribution >= 0.6 is 0 Å². The normalized spacial score (nSPS) is 12.0. The minimum atomic E-state index is -4.70. The van der Waals surface area contributed by atoms with Crippen LogP contribution < -0.4 is 5.56 Å². The van der Waals surface area contributed by atoms with Crippen LogP contribution in [0.15, 0.2) is 69.9 Å². The summed E-state index contributed by atoms with van der Waals surface area (Å²) in [7, 11) is 0. The van der Waals surface area contributed by atoms with Crippen LogP contribution in [0.5, 0.6) is 0 Å². The lowest BCUT2D eigenvalue weighted by Gasteiger charge is -2.16. The van der Waals surface area contributed by atoms with Crippen molar-refractivity contribution in [1.29, 1.82) is 0 Å². The number of nitro groups is 1. The fourth-order valence-electron chi connectivity index (χ4n) is 3.09. The average molecular weight is 427 g/mol. The zero-order chi connectivity index (χ0) is 22.2. The Morgan fingerprint density at radius 1 is 1.00 bits per heavy atom. The van der Waals surface area contributed by atoms with Gasteiger partial charge in [0.25, 0.3) is 5.56 Å². The molecule has 4 rings (SSSR count). The molecule has 0 aliphatic carbocycles. The number of hydrogen-bond acceptors (Lipinski definition) is 5. The number of benzene rings is 2. The smallest absolute Gasteiger partial charge is 0.401 e. The second-order valence-electron chi connectivity index (χ2n) is 6.41. The summed E-state index contributed by atoms with van der Waals surface area (Å²) in [6.45, 7) is 0. The summed E-state index contributed by atoms with van der Waals surface area (Å²) in [6.07, 6.45) is -2.15. The fraction of sp³-hybridized carbons (Fsp3) is 0.0476. The summed E-state index contributed by atoms with van der Waals surface area (Å²) in [5, 5.41) is 10.9. The molecule has 0 fully saturated rings. The van der Waals surface area contributed by atoms with Crippen molar-refractivity contribution in [2.45, 2.75) is 6.18 Å². The molecule has 0 saturated heterocycles. The van der Waals surface area contributed by atoms with Crippen molar-refractivity contribution >= 4 is 28.9 Å². The number of nitrogens with zero attached hydrogens (tertiary/aromatic N) is 3. The second-order valence-corrected chi connectivity index (χ2v) is 6.41. The second kappa shape index (κ2) is 7.56. The predicted molar refractivity (Wildman–Crippen MR) is 107 cm³/mol. The van der Waals surface area contributed by atoms with E-state index in [2.05, 4.69) is 4.98 Å². The molecule has 0 unspecified atom stereocenters. The Hall–Kier alpha value is -4.21. The highest BCUT2D eigenvalue weighted by Crippen LogP contribution is 2.34. The van der Waals surface area contributed by atoms with Gasteiger partial charge in [-0.25, -0.2) is 4.98 Å². The van der Waals surface area contributed by atoms with E-state index in [-0.39, 0.29) is 22.7 Å². The average Bonchev–Trinajstić information content (AvgIpc) is 3.21. The first-order valence-electron chi connectivity index (χ1n) is 8.86. The summed E-state index contributed by atoms with van der Waals surface area (Å²) in [5.74, 6) is -0.518. The van der Waals surface area contributed by atoms with E-state index >= 15 is 0 Å². The molecule has 0 spiro atoms. The van der Waals surface area contributed by atoms with Crippen LogP contribution in [0.2, 0.25) is 0 Å². The standard InChI is InChI=1S/C21H12F3N3O4/c22-21(23,24)15-6-2-4-8-17(15)26-18(11-9-13-10-12-19(31-13)27(29)30)25-16-7-3-1-5-14(16)20(26)28/h1-12H/b11-9+. The van der Waals surface area contributed by atoms with Crippen molar-refractivity contribution < 1.29 is 22.5 Å². The van der Waals surface area contributed by atoms with E-state index < -0.39 is 28.1 Å². The summed E-state index contributed by atoms with van der Waals surface area (Å²) in [4.78, 5) is 27.5. The van der Waals surface area contributed by atoms with E-state index in [0.29, 0.717) is 5.52 Å². The van der Waals surface area contributed by atoms with E-state index in [0.717, 1.165) is 16.7 Å². The van der Waals surface area contributed by atoms with Crippen molar-refractivity contribution in [2.75, 3.05) is 0 Å². The molecule has 0 saturated carbocycles. The number of para-hydroxylation sites is 2. The van der Waals surface area contributed by atoms with Gasteiger partial charge in [0.2, 0.25) is 0 Å². The Bertz CT molecular complexity index is 1390. The molecule has 0 bridgehead atoms. The highest BCUT2D eigenvalue weighted by molar-refractivity contribution is 5.80.